The largest absolute Gasteiger partial charge is 0.289 e. The first-order chi connectivity index (χ1) is 9.72. The number of thiocarbonyl (C=S) groups is 1. The van der Waals surface area contributed by atoms with Crippen LogP contribution < -0.4 is 0 Å². The minimum atomic E-state index is 0.0891. The summed E-state index contributed by atoms with van der Waals surface area (Å²) in [5, 5.41) is 0. The van der Waals surface area contributed by atoms with E-state index < -0.39 is 0 Å². The van der Waals surface area contributed by atoms with Crippen molar-refractivity contribution in [2.45, 2.75) is 26.2 Å². The van der Waals surface area contributed by atoms with Crippen molar-refractivity contribution < 1.29 is 4.79 Å². The zero-order chi connectivity index (χ0) is 14.1. The Morgan fingerprint density at radius 3 is 2.40 bits per heavy atom. The number of hydrogen-bond donors (Lipinski definition) is 0. The van der Waals surface area contributed by atoms with Gasteiger partial charge in [0.1, 0.15) is 0 Å². The van der Waals surface area contributed by atoms with Crippen LogP contribution in [0.3, 0.4) is 0 Å². The first kappa shape index (κ1) is 13.2. The number of carbonyl (C=O) groups excluding carboxylic acids is 1. The predicted octanol–water partition coefficient (Wildman–Crippen LogP) is 4.34. The highest BCUT2D eigenvalue weighted by Gasteiger charge is 2.26. The Bertz CT molecular complexity index is 700. The molecule has 2 aromatic rings. The van der Waals surface area contributed by atoms with Gasteiger partial charge in [-0.25, -0.2) is 0 Å². The van der Waals surface area contributed by atoms with Gasteiger partial charge in [0.15, 0.2) is 5.78 Å². The highest BCUT2D eigenvalue weighted by atomic mass is 32.1. The number of benzene rings is 2. The van der Waals surface area contributed by atoms with Gasteiger partial charge < -0.3 is 0 Å². The molecule has 0 aromatic heterocycles. The number of rotatable bonds is 3. The summed E-state index contributed by atoms with van der Waals surface area (Å²) in [6.07, 6.45) is 3.38. The van der Waals surface area contributed by atoms with E-state index in [0.717, 1.165) is 40.0 Å². The van der Waals surface area contributed by atoms with E-state index in [0.29, 0.717) is 0 Å². The first-order valence-electron chi connectivity index (χ1n) is 7.03. The lowest BCUT2D eigenvalue weighted by Gasteiger charge is -2.20. The van der Waals surface area contributed by atoms with Crippen molar-refractivity contribution in [2.24, 2.45) is 0 Å². The second-order valence-electron chi connectivity index (χ2n) is 5.19. The summed E-state index contributed by atoms with van der Waals surface area (Å²) in [6, 6.07) is 13.7. The Morgan fingerprint density at radius 1 is 0.950 bits per heavy atom. The van der Waals surface area contributed by atoms with Gasteiger partial charge in [0.05, 0.1) is 4.86 Å². The molecule has 0 fully saturated rings. The smallest absolute Gasteiger partial charge is 0.194 e. The molecule has 0 spiro atoms. The van der Waals surface area contributed by atoms with Gasteiger partial charge >= 0.3 is 0 Å². The van der Waals surface area contributed by atoms with E-state index in [1.54, 1.807) is 0 Å². The highest BCUT2D eigenvalue weighted by molar-refractivity contribution is 7.81. The molecule has 3 rings (SSSR count). The summed E-state index contributed by atoms with van der Waals surface area (Å²) in [4.78, 5) is 13.3. The van der Waals surface area contributed by atoms with Gasteiger partial charge in [0, 0.05) is 22.3 Å². The molecule has 0 amide bonds. The molecule has 0 heterocycles. The van der Waals surface area contributed by atoms with Gasteiger partial charge in [-0.05, 0) is 24.5 Å². The Hall–Kier alpha value is -1.80. The molecule has 0 N–H and O–H groups in total. The molecule has 1 nitrogen and oxygen atoms in total. The molecule has 1 aliphatic rings. The molecule has 0 saturated heterocycles. The minimum Gasteiger partial charge on any atom is -0.289 e. The van der Waals surface area contributed by atoms with Crippen LogP contribution in [0, 0.1) is 0 Å². The first-order valence-corrected chi connectivity index (χ1v) is 7.44. The Balaban J connectivity index is 2.09. The van der Waals surface area contributed by atoms with Crippen molar-refractivity contribution >= 4 is 22.9 Å². The van der Waals surface area contributed by atoms with Crippen molar-refractivity contribution in [3.63, 3.8) is 0 Å². The molecule has 2 heteroatoms. The lowest BCUT2D eigenvalue weighted by molar-refractivity contribution is 0.103. The monoisotopic (exact) mass is 280 g/mol. The van der Waals surface area contributed by atoms with E-state index in [1.165, 1.54) is 12.0 Å². The van der Waals surface area contributed by atoms with Crippen LogP contribution in [0.25, 0.3) is 0 Å². The summed E-state index contributed by atoms with van der Waals surface area (Å²) in [6.45, 7) is 2.18. The standard InChI is InChI=1S/C18H16OS/c1-2-3-6-12-9-10-14-16(11-12)18(20)15-8-5-4-7-13(15)17(14)19/h4-5,7-11H,2-3,6H2,1H3. The number of carbonyl (C=O) groups is 1. The van der Waals surface area contributed by atoms with Crippen LogP contribution in [-0.4, -0.2) is 10.6 Å². The lowest BCUT2D eigenvalue weighted by Crippen LogP contribution is -2.20. The maximum atomic E-state index is 12.5. The second-order valence-corrected chi connectivity index (χ2v) is 5.60. The maximum Gasteiger partial charge on any atom is 0.194 e. The SMILES string of the molecule is CCCCc1ccc2c(c1)C(=S)c1ccccc1C2=O. The average Bonchev–Trinajstić information content (AvgIpc) is 2.50. The van der Waals surface area contributed by atoms with Crippen molar-refractivity contribution in [3.8, 4) is 0 Å². The summed E-state index contributed by atoms with van der Waals surface area (Å²) >= 11 is 5.59. The fourth-order valence-corrected chi connectivity index (χ4v) is 3.03. The van der Waals surface area contributed by atoms with E-state index >= 15 is 0 Å². The normalized spacial score (nSPS) is 13.1. The molecule has 0 aliphatic heterocycles. The van der Waals surface area contributed by atoms with Crippen molar-refractivity contribution in [3.05, 3.63) is 70.3 Å². The van der Waals surface area contributed by atoms with Gasteiger partial charge in [-0.2, -0.15) is 0 Å². The maximum absolute atomic E-state index is 12.5. The molecular formula is C18H16OS. The molecule has 0 unspecified atom stereocenters. The van der Waals surface area contributed by atoms with E-state index in [1.807, 2.05) is 30.3 Å². The number of unbranched alkanes of at least 4 members (excludes halogenated alkanes) is 1. The highest BCUT2D eigenvalue weighted by Crippen LogP contribution is 2.28. The van der Waals surface area contributed by atoms with E-state index in [-0.39, 0.29) is 5.78 Å². The third-order valence-electron chi connectivity index (χ3n) is 3.81. The van der Waals surface area contributed by atoms with E-state index in [9.17, 15) is 4.79 Å². The molecule has 0 atom stereocenters. The molecule has 0 radical (unpaired) electrons. The molecular weight excluding hydrogens is 264 g/mol. The zero-order valence-corrected chi connectivity index (χ0v) is 12.3. The molecule has 0 saturated carbocycles. The Morgan fingerprint density at radius 2 is 1.65 bits per heavy atom. The fourth-order valence-electron chi connectivity index (χ4n) is 2.68. The number of fused-ring (bicyclic) bond motifs is 2. The summed E-state index contributed by atoms with van der Waals surface area (Å²) in [7, 11) is 0. The van der Waals surface area contributed by atoms with Crippen LogP contribution >= 0.6 is 12.2 Å². The van der Waals surface area contributed by atoms with Gasteiger partial charge in [-0.1, -0.05) is 62.0 Å². The summed E-state index contributed by atoms with van der Waals surface area (Å²) < 4.78 is 0. The molecule has 0 bridgehead atoms. The minimum absolute atomic E-state index is 0.0891. The van der Waals surface area contributed by atoms with Gasteiger partial charge in [0.2, 0.25) is 0 Å². The third kappa shape index (κ3) is 2.10. The van der Waals surface area contributed by atoms with E-state index in [4.69, 9.17) is 12.2 Å². The van der Waals surface area contributed by atoms with Crippen LogP contribution in [-0.2, 0) is 6.42 Å². The van der Waals surface area contributed by atoms with Crippen LogP contribution in [0.15, 0.2) is 42.5 Å². The molecule has 1 aliphatic carbocycles. The average molecular weight is 280 g/mol. The van der Waals surface area contributed by atoms with Crippen LogP contribution in [0.4, 0.5) is 0 Å². The number of hydrogen-bond acceptors (Lipinski definition) is 2. The topological polar surface area (TPSA) is 17.1 Å². The fraction of sp³-hybridized carbons (Fsp3) is 0.222. The molecule has 20 heavy (non-hydrogen) atoms. The number of aryl methyl sites for hydroxylation is 1. The van der Waals surface area contributed by atoms with Gasteiger partial charge in [0.25, 0.3) is 0 Å². The van der Waals surface area contributed by atoms with Crippen LogP contribution in [0.2, 0.25) is 0 Å². The van der Waals surface area contributed by atoms with Crippen LogP contribution in [0.5, 0.6) is 0 Å². The summed E-state index contributed by atoms with van der Waals surface area (Å²) in [5.41, 5.74) is 4.56. The van der Waals surface area contributed by atoms with Crippen molar-refractivity contribution in [2.75, 3.05) is 0 Å². The predicted molar refractivity (Wildman–Crippen MR) is 85.7 cm³/mol. The Kier molecular flexibility index (Phi) is 3.49. The summed E-state index contributed by atoms with van der Waals surface area (Å²) in [5.74, 6) is 0.0891. The van der Waals surface area contributed by atoms with Crippen molar-refractivity contribution in [1.82, 2.24) is 0 Å². The second kappa shape index (κ2) is 5.29. The van der Waals surface area contributed by atoms with Gasteiger partial charge in [-0.15, -0.1) is 0 Å². The molecule has 2 aromatic carbocycles. The number of ketones is 1. The quantitative estimate of drug-likeness (QED) is 0.664. The van der Waals surface area contributed by atoms with Gasteiger partial charge in [-0.3, -0.25) is 4.79 Å². The lowest BCUT2D eigenvalue weighted by atomic mass is 9.84. The zero-order valence-electron chi connectivity index (χ0n) is 11.5. The van der Waals surface area contributed by atoms with E-state index in [2.05, 4.69) is 19.1 Å². The Labute approximate surface area is 124 Å². The van der Waals surface area contributed by atoms with Crippen molar-refractivity contribution in [1.29, 1.82) is 0 Å². The third-order valence-corrected chi connectivity index (χ3v) is 4.25. The van der Waals surface area contributed by atoms with Crippen LogP contribution in [0.1, 0.15) is 52.4 Å². The molecule has 100 valence electrons.